The molecule has 4 aliphatic heterocycles. The van der Waals surface area contributed by atoms with Gasteiger partial charge in [0.25, 0.3) is 0 Å². The Kier molecular flexibility index (Phi) is 4.18. The van der Waals surface area contributed by atoms with Gasteiger partial charge in [0.15, 0.2) is 10.00 Å². The Labute approximate surface area is 182 Å². The van der Waals surface area contributed by atoms with Crippen molar-refractivity contribution in [2.75, 3.05) is 0 Å². The van der Waals surface area contributed by atoms with E-state index in [-0.39, 0.29) is 0 Å². The lowest BCUT2D eigenvalue weighted by Crippen LogP contribution is -2.45. The van der Waals surface area contributed by atoms with Gasteiger partial charge in [0, 0.05) is 17.1 Å². The highest BCUT2D eigenvalue weighted by atomic mass is 35.5. The molecule has 8 bridgehead atoms. The molecular formula is C20H14Cl4N4. The molecule has 1 aromatic rings. The molecule has 1 aromatic heterocycles. The van der Waals surface area contributed by atoms with Gasteiger partial charge >= 0.3 is 0 Å². The number of aromatic amines is 1. The van der Waals surface area contributed by atoms with Gasteiger partial charge < -0.3 is 10.3 Å². The van der Waals surface area contributed by atoms with E-state index in [1.54, 1.807) is 12.2 Å². The van der Waals surface area contributed by atoms with Crippen LogP contribution >= 0.6 is 46.4 Å². The highest BCUT2D eigenvalue weighted by molar-refractivity contribution is 6.44. The lowest BCUT2D eigenvalue weighted by atomic mass is 10.1. The molecule has 5 rings (SSSR count). The highest BCUT2D eigenvalue weighted by Gasteiger charge is 2.44. The van der Waals surface area contributed by atoms with Crippen LogP contribution in [-0.2, 0) is 0 Å². The predicted molar refractivity (Wildman–Crippen MR) is 118 cm³/mol. The molecule has 0 saturated carbocycles. The minimum absolute atomic E-state index is 0.565. The number of H-pyrrole nitrogens is 1. The van der Waals surface area contributed by atoms with Crippen LogP contribution in [0.1, 0.15) is 16.8 Å². The molecule has 0 aromatic carbocycles. The minimum atomic E-state index is -1.15. The predicted octanol–water partition coefficient (Wildman–Crippen LogP) is 5.19. The molecule has 4 atom stereocenters. The van der Waals surface area contributed by atoms with E-state index in [4.69, 9.17) is 46.4 Å². The van der Waals surface area contributed by atoms with E-state index in [9.17, 15) is 0 Å². The summed E-state index contributed by atoms with van der Waals surface area (Å²) < 4.78 is 0. The van der Waals surface area contributed by atoms with E-state index in [1.165, 1.54) is 0 Å². The van der Waals surface area contributed by atoms with Crippen molar-refractivity contribution in [1.29, 1.82) is 0 Å². The molecular weight excluding hydrogens is 438 g/mol. The van der Waals surface area contributed by atoms with Crippen molar-refractivity contribution in [1.82, 2.24) is 10.3 Å². The first-order valence-electron chi connectivity index (χ1n) is 8.66. The van der Waals surface area contributed by atoms with Crippen LogP contribution in [-0.4, -0.2) is 31.8 Å². The van der Waals surface area contributed by atoms with Gasteiger partial charge in [-0.3, -0.25) is 4.99 Å². The molecule has 2 N–H and O–H groups in total. The third kappa shape index (κ3) is 3.00. The minimum Gasteiger partial charge on any atom is -0.362 e. The summed E-state index contributed by atoms with van der Waals surface area (Å²) in [4.78, 5) is 10.3. The summed E-state index contributed by atoms with van der Waals surface area (Å²) >= 11 is 26.9. The van der Waals surface area contributed by atoms with Crippen LogP contribution in [0.2, 0.25) is 0 Å². The molecule has 0 fully saturated rings. The van der Waals surface area contributed by atoms with Crippen molar-refractivity contribution in [2.45, 2.75) is 20.8 Å². The van der Waals surface area contributed by atoms with Gasteiger partial charge in [0.2, 0.25) is 0 Å². The lowest BCUT2D eigenvalue weighted by Gasteiger charge is -2.27. The molecule has 142 valence electrons. The Morgan fingerprint density at radius 2 is 1.79 bits per heavy atom. The Bertz CT molecular complexity index is 1070. The summed E-state index contributed by atoms with van der Waals surface area (Å²) in [6, 6.07) is 3.83. The summed E-state index contributed by atoms with van der Waals surface area (Å²) in [6.07, 6.45) is 15.0. The Hall–Kier alpha value is -1.72. The molecule has 4 nitrogen and oxygen atoms in total. The second-order valence-electron chi connectivity index (χ2n) is 6.96. The summed E-state index contributed by atoms with van der Waals surface area (Å²) in [6.45, 7) is 0. The molecule has 0 radical (unpaired) electrons. The zero-order valence-electron chi connectivity index (χ0n) is 14.3. The maximum Gasteiger partial charge on any atom is 0.174 e. The zero-order valence-corrected chi connectivity index (χ0v) is 17.4. The number of allylic oxidation sites excluding steroid dienone is 5. The topological polar surface area (TPSA) is 52.5 Å². The molecule has 0 amide bonds. The monoisotopic (exact) mass is 450 g/mol. The number of hydrogen-bond acceptors (Lipinski definition) is 3. The van der Waals surface area contributed by atoms with Crippen LogP contribution in [0.15, 0.2) is 76.0 Å². The van der Waals surface area contributed by atoms with Crippen molar-refractivity contribution in [2.24, 2.45) is 9.98 Å². The summed E-state index contributed by atoms with van der Waals surface area (Å²) in [5.41, 5.74) is 4.66. The molecule has 5 heterocycles. The van der Waals surface area contributed by atoms with E-state index >= 15 is 0 Å². The largest absolute Gasteiger partial charge is 0.362 e. The zero-order chi connectivity index (χ0) is 19.5. The van der Waals surface area contributed by atoms with Crippen LogP contribution in [0.4, 0.5) is 0 Å². The number of hydrogen-bond donors (Lipinski definition) is 2. The summed E-state index contributed by atoms with van der Waals surface area (Å²) in [5.74, 6) is 0. The number of aromatic nitrogens is 1. The van der Waals surface area contributed by atoms with Gasteiger partial charge in [-0.25, -0.2) is 4.99 Å². The third-order valence-electron chi connectivity index (χ3n) is 4.91. The van der Waals surface area contributed by atoms with Crippen molar-refractivity contribution < 1.29 is 0 Å². The standard InChI is InChI=1S/C20H14Cl4N4/c21-17-15-4-3-13(26-15)9-11-1-2-12(25-11)10-14-5-7-19(23,27-14)18(22)16-6-8-20(17,24)28-16/h1-10,17-18,26-27H. The first-order valence-corrected chi connectivity index (χ1v) is 10.3. The molecule has 28 heavy (non-hydrogen) atoms. The normalized spacial score (nSPS) is 35.4. The number of alkyl halides is 4. The van der Waals surface area contributed by atoms with Gasteiger partial charge in [-0.1, -0.05) is 23.2 Å². The fourth-order valence-corrected chi connectivity index (χ4v) is 4.53. The lowest BCUT2D eigenvalue weighted by molar-refractivity contribution is 0.661. The van der Waals surface area contributed by atoms with E-state index < -0.39 is 20.8 Å². The molecule has 4 aliphatic rings. The Morgan fingerprint density at radius 1 is 0.929 bits per heavy atom. The van der Waals surface area contributed by atoms with Crippen LogP contribution in [0.5, 0.6) is 0 Å². The fourth-order valence-electron chi connectivity index (χ4n) is 3.47. The number of aliphatic imine (C=N–C) groups is 2. The summed E-state index contributed by atoms with van der Waals surface area (Å²) in [7, 11) is 0. The van der Waals surface area contributed by atoms with Crippen molar-refractivity contribution in [3.8, 4) is 0 Å². The smallest absolute Gasteiger partial charge is 0.174 e. The maximum atomic E-state index is 6.75. The molecule has 4 unspecified atom stereocenters. The molecule has 0 aliphatic carbocycles. The Balaban J connectivity index is 1.64. The SMILES string of the molecule is ClC1c2ccc([nH]2)C=C2C=CC(=N2)C=C2C=CC(Cl)(N2)C(Cl)C2=NC1(Cl)C=C2. The highest BCUT2D eigenvalue weighted by Crippen LogP contribution is 2.44. The number of nitrogens with one attached hydrogen (secondary N) is 2. The van der Waals surface area contributed by atoms with Crippen molar-refractivity contribution >= 4 is 63.9 Å². The van der Waals surface area contributed by atoms with Crippen LogP contribution in [0.25, 0.3) is 6.08 Å². The average molecular weight is 452 g/mol. The number of rotatable bonds is 0. The number of nitrogens with zero attached hydrogens (tertiary/aromatic N) is 2. The Morgan fingerprint density at radius 3 is 2.64 bits per heavy atom. The van der Waals surface area contributed by atoms with E-state index in [0.717, 1.165) is 28.5 Å². The first kappa shape index (κ1) is 18.3. The first-order chi connectivity index (χ1) is 13.3. The fraction of sp³-hybridized carbons (Fsp3) is 0.200. The van der Waals surface area contributed by atoms with Crippen molar-refractivity contribution in [3.05, 3.63) is 77.4 Å². The quantitative estimate of drug-likeness (QED) is 0.413. The molecule has 0 spiro atoms. The second-order valence-corrected chi connectivity index (χ2v) is 9.06. The number of fused-ring (bicyclic) bond motifs is 6. The van der Waals surface area contributed by atoms with E-state index in [0.29, 0.717) is 5.71 Å². The number of halogens is 4. The van der Waals surface area contributed by atoms with Crippen LogP contribution in [0, 0.1) is 0 Å². The van der Waals surface area contributed by atoms with Crippen LogP contribution < -0.4 is 5.32 Å². The second kappa shape index (κ2) is 6.39. The van der Waals surface area contributed by atoms with E-state index in [1.807, 2.05) is 48.6 Å². The van der Waals surface area contributed by atoms with Gasteiger partial charge in [-0.15, -0.1) is 23.2 Å². The molecule has 8 heteroatoms. The van der Waals surface area contributed by atoms with Gasteiger partial charge in [0.1, 0.15) is 10.8 Å². The van der Waals surface area contributed by atoms with Gasteiger partial charge in [-0.05, 0) is 60.7 Å². The average Bonchev–Trinajstić information content (AvgIpc) is 3.43. The van der Waals surface area contributed by atoms with Crippen LogP contribution in [0.3, 0.4) is 0 Å². The van der Waals surface area contributed by atoms with E-state index in [2.05, 4.69) is 20.3 Å². The summed E-state index contributed by atoms with van der Waals surface area (Å²) in [5, 5.41) is 1.98. The van der Waals surface area contributed by atoms with Crippen molar-refractivity contribution in [3.63, 3.8) is 0 Å². The van der Waals surface area contributed by atoms with Gasteiger partial charge in [-0.2, -0.15) is 0 Å². The third-order valence-corrected chi connectivity index (χ3v) is 7.13. The van der Waals surface area contributed by atoms with Gasteiger partial charge in [0.05, 0.1) is 17.1 Å². The molecule has 0 saturated heterocycles. The maximum absolute atomic E-state index is 6.75.